The van der Waals surface area contributed by atoms with Gasteiger partial charge in [-0.1, -0.05) is 6.92 Å². The molecular weight excluding hydrogens is 218 g/mol. The predicted molar refractivity (Wildman–Crippen MR) is 60.3 cm³/mol. The summed E-state index contributed by atoms with van der Waals surface area (Å²) in [5.74, 6) is 0.582. The topological polar surface area (TPSA) is 63.2 Å². The van der Waals surface area contributed by atoms with Crippen LogP contribution in [0.3, 0.4) is 0 Å². The molecule has 4 nitrogen and oxygen atoms in total. The first kappa shape index (κ1) is 11.7. The van der Waals surface area contributed by atoms with Crippen LogP contribution in [0.2, 0.25) is 0 Å². The van der Waals surface area contributed by atoms with E-state index < -0.39 is 5.97 Å². The molecule has 1 aliphatic carbocycles. The number of furan rings is 1. The molecule has 0 spiro atoms. The van der Waals surface area contributed by atoms with Gasteiger partial charge in [-0.15, -0.1) is 0 Å². The first-order valence-electron chi connectivity index (χ1n) is 5.82. The third-order valence-electron chi connectivity index (χ3n) is 3.13. The van der Waals surface area contributed by atoms with Crippen molar-refractivity contribution in [1.29, 1.82) is 5.26 Å². The number of ether oxygens (including phenoxy) is 1. The van der Waals surface area contributed by atoms with E-state index in [0.717, 1.165) is 25.0 Å². The molecule has 1 aliphatic rings. The Morgan fingerprint density at radius 3 is 2.88 bits per heavy atom. The fourth-order valence-electron chi connectivity index (χ4n) is 1.68. The minimum absolute atomic E-state index is 0.0788. The van der Waals surface area contributed by atoms with Gasteiger partial charge in [0.2, 0.25) is 5.76 Å². The molecular formula is C13H15NO3. The minimum atomic E-state index is -0.436. The van der Waals surface area contributed by atoms with Gasteiger partial charge >= 0.3 is 5.97 Å². The van der Waals surface area contributed by atoms with E-state index in [0.29, 0.717) is 13.0 Å². The van der Waals surface area contributed by atoms with E-state index in [4.69, 9.17) is 14.4 Å². The van der Waals surface area contributed by atoms with Crippen molar-refractivity contribution in [3.05, 3.63) is 23.7 Å². The molecule has 0 atom stereocenters. The number of carbonyl (C=O) groups excluding carboxylic acids is 1. The molecule has 90 valence electrons. The van der Waals surface area contributed by atoms with Gasteiger partial charge in [0.1, 0.15) is 5.76 Å². The Morgan fingerprint density at radius 2 is 2.35 bits per heavy atom. The van der Waals surface area contributed by atoms with Crippen LogP contribution in [0.4, 0.5) is 0 Å². The van der Waals surface area contributed by atoms with Gasteiger partial charge in [-0.2, -0.15) is 5.26 Å². The predicted octanol–water partition coefficient (Wildman–Crippen LogP) is 2.69. The number of carbonyl (C=O) groups is 1. The first-order chi connectivity index (χ1) is 8.19. The number of nitriles is 1. The molecule has 0 amide bonds. The van der Waals surface area contributed by atoms with Gasteiger partial charge in [0.25, 0.3) is 0 Å². The van der Waals surface area contributed by atoms with Gasteiger partial charge in [0.15, 0.2) is 0 Å². The highest BCUT2D eigenvalue weighted by Crippen LogP contribution is 2.48. The molecule has 0 N–H and O–H groups in total. The number of esters is 1. The molecule has 2 rings (SSSR count). The number of hydrogen-bond donors (Lipinski definition) is 0. The fourth-order valence-corrected chi connectivity index (χ4v) is 1.68. The third-order valence-corrected chi connectivity index (χ3v) is 3.13. The molecule has 1 aromatic rings. The maximum absolute atomic E-state index is 11.7. The van der Waals surface area contributed by atoms with Crippen molar-refractivity contribution in [3.63, 3.8) is 0 Å². The van der Waals surface area contributed by atoms with Crippen LogP contribution in [-0.2, 0) is 11.2 Å². The summed E-state index contributed by atoms with van der Waals surface area (Å²) >= 11 is 0. The molecule has 1 saturated carbocycles. The van der Waals surface area contributed by atoms with E-state index in [2.05, 4.69) is 6.07 Å². The van der Waals surface area contributed by atoms with E-state index in [-0.39, 0.29) is 11.2 Å². The Kier molecular flexibility index (Phi) is 3.19. The van der Waals surface area contributed by atoms with Crippen molar-refractivity contribution in [2.24, 2.45) is 5.41 Å². The maximum Gasteiger partial charge on any atom is 0.374 e. The fraction of sp³-hybridized carbons (Fsp3) is 0.538. The second kappa shape index (κ2) is 4.62. The number of aryl methyl sites for hydroxylation is 1. The lowest BCUT2D eigenvalue weighted by Crippen LogP contribution is -2.14. The largest absolute Gasteiger partial charge is 0.459 e. The molecule has 0 unspecified atom stereocenters. The second-order valence-corrected chi connectivity index (χ2v) is 4.53. The highest BCUT2D eigenvalue weighted by atomic mass is 16.5. The van der Waals surface area contributed by atoms with Crippen molar-refractivity contribution >= 4 is 5.97 Å². The summed E-state index contributed by atoms with van der Waals surface area (Å²) in [6.45, 7) is 2.28. The summed E-state index contributed by atoms with van der Waals surface area (Å²) in [6.07, 6.45) is 3.14. The highest BCUT2D eigenvalue weighted by molar-refractivity contribution is 5.86. The lowest BCUT2D eigenvalue weighted by molar-refractivity contribution is 0.0382. The van der Waals surface area contributed by atoms with Crippen LogP contribution >= 0.6 is 0 Å². The Morgan fingerprint density at radius 1 is 1.59 bits per heavy atom. The van der Waals surface area contributed by atoms with Crippen LogP contribution in [0.25, 0.3) is 0 Å². The van der Waals surface area contributed by atoms with Crippen LogP contribution < -0.4 is 0 Å². The molecule has 0 saturated heterocycles. The van der Waals surface area contributed by atoms with Gasteiger partial charge < -0.3 is 9.15 Å². The first-order valence-corrected chi connectivity index (χ1v) is 5.82. The Hall–Kier alpha value is -1.76. The van der Waals surface area contributed by atoms with Gasteiger partial charge in [-0.3, -0.25) is 0 Å². The molecule has 1 heterocycles. The average Bonchev–Trinajstić information content (AvgIpc) is 2.93. The monoisotopic (exact) mass is 233 g/mol. The zero-order chi connectivity index (χ0) is 12.3. The maximum atomic E-state index is 11.7. The summed E-state index contributed by atoms with van der Waals surface area (Å²) in [7, 11) is 0. The molecule has 0 aromatic carbocycles. The lowest BCUT2D eigenvalue weighted by Gasteiger charge is -2.10. The Bertz CT molecular complexity index is 451. The summed E-state index contributed by atoms with van der Waals surface area (Å²) in [5, 5.41) is 8.65. The van der Waals surface area contributed by atoms with Crippen LogP contribution in [0.15, 0.2) is 16.5 Å². The molecule has 0 bridgehead atoms. The molecule has 1 aromatic heterocycles. The van der Waals surface area contributed by atoms with Gasteiger partial charge in [-0.05, 0) is 25.0 Å². The number of nitrogens with zero attached hydrogens (tertiary/aromatic N) is 1. The molecule has 0 radical (unpaired) electrons. The van der Waals surface area contributed by atoms with Crippen molar-refractivity contribution in [1.82, 2.24) is 0 Å². The standard InChI is InChI=1S/C13H15NO3/c1-2-10-3-4-11(17-10)12(15)16-9-13(5-6-13)7-8-14/h3-4H,2,5-7,9H2,1H3. The van der Waals surface area contributed by atoms with Crippen molar-refractivity contribution in [2.45, 2.75) is 32.6 Å². The minimum Gasteiger partial charge on any atom is -0.459 e. The number of hydrogen-bond acceptors (Lipinski definition) is 4. The van der Waals surface area contributed by atoms with E-state index in [9.17, 15) is 4.79 Å². The lowest BCUT2D eigenvalue weighted by atomic mass is 10.1. The Balaban J connectivity index is 1.87. The molecule has 1 fully saturated rings. The van der Waals surface area contributed by atoms with Crippen molar-refractivity contribution in [2.75, 3.05) is 6.61 Å². The van der Waals surface area contributed by atoms with E-state index in [1.54, 1.807) is 12.1 Å². The van der Waals surface area contributed by atoms with Crippen LogP contribution in [0, 0.1) is 16.7 Å². The highest BCUT2D eigenvalue weighted by Gasteiger charge is 2.43. The summed E-state index contributed by atoms with van der Waals surface area (Å²) in [6, 6.07) is 5.54. The zero-order valence-electron chi connectivity index (χ0n) is 9.86. The van der Waals surface area contributed by atoms with Crippen LogP contribution in [0.1, 0.15) is 42.5 Å². The molecule has 17 heavy (non-hydrogen) atoms. The smallest absolute Gasteiger partial charge is 0.374 e. The second-order valence-electron chi connectivity index (χ2n) is 4.53. The normalized spacial score (nSPS) is 16.2. The summed E-state index contributed by atoms with van der Waals surface area (Å²) < 4.78 is 10.5. The Labute approximate surface area is 100 Å². The van der Waals surface area contributed by atoms with Crippen molar-refractivity contribution in [3.8, 4) is 6.07 Å². The van der Waals surface area contributed by atoms with E-state index in [1.165, 1.54) is 0 Å². The number of rotatable bonds is 5. The summed E-state index contributed by atoms with van der Waals surface area (Å²) in [4.78, 5) is 11.7. The van der Waals surface area contributed by atoms with E-state index in [1.807, 2.05) is 6.92 Å². The average molecular weight is 233 g/mol. The molecule has 4 heteroatoms. The van der Waals surface area contributed by atoms with Gasteiger partial charge in [0.05, 0.1) is 12.7 Å². The molecule has 0 aliphatic heterocycles. The zero-order valence-corrected chi connectivity index (χ0v) is 9.86. The van der Waals surface area contributed by atoms with Gasteiger partial charge in [-0.25, -0.2) is 4.79 Å². The van der Waals surface area contributed by atoms with Gasteiger partial charge in [0, 0.05) is 18.3 Å². The van der Waals surface area contributed by atoms with Crippen LogP contribution in [0.5, 0.6) is 0 Å². The van der Waals surface area contributed by atoms with Crippen molar-refractivity contribution < 1.29 is 13.9 Å². The SMILES string of the molecule is CCc1ccc(C(=O)OCC2(CC#N)CC2)o1. The van der Waals surface area contributed by atoms with Crippen LogP contribution in [-0.4, -0.2) is 12.6 Å². The third kappa shape index (κ3) is 2.68. The summed E-state index contributed by atoms with van der Waals surface area (Å²) in [5.41, 5.74) is -0.0788. The van der Waals surface area contributed by atoms with E-state index >= 15 is 0 Å². The quantitative estimate of drug-likeness (QED) is 0.733.